The van der Waals surface area contributed by atoms with Gasteiger partial charge in [-0.25, -0.2) is 0 Å². The molecule has 0 aliphatic carbocycles. The monoisotopic (exact) mass is 299 g/mol. The molecule has 1 N–H and O–H groups in total. The Labute approximate surface area is 125 Å². The number of halogens is 1. The lowest BCUT2D eigenvalue weighted by molar-refractivity contribution is 0.132. The van der Waals surface area contributed by atoms with E-state index in [0.29, 0.717) is 24.0 Å². The van der Waals surface area contributed by atoms with Crippen LogP contribution in [0.3, 0.4) is 0 Å². The molecule has 1 aliphatic rings. The predicted octanol–water partition coefficient (Wildman–Crippen LogP) is 3.02. The van der Waals surface area contributed by atoms with Crippen molar-refractivity contribution in [2.45, 2.75) is 26.3 Å². The maximum Gasteiger partial charge on any atom is 0.179 e. The minimum atomic E-state index is 0.558. The zero-order valence-electron chi connectivity index (χ0n) is 11.9. The van der Waals surface area contributed by atoms with E-state index in [1.165, 1.54) is 0 Å². The minimum Gasteiger partial charge on any atom is -0.486 e. The molecule has 0 fully saturated rings. The van der Waals surface area contributed by atoms with Crippen LogP contribution in [0.1, 0.15) is 25.3 Å². The van der Waals surface area contributed by atoms with E-state index >= 15 is 0 Å². The van der Waals surface area contributed by atoms with Gasteiger partial charge in [-0.05, 0) is 37.1 Å². The molecule has 0 radical (unpaired) electrons. The third kappa shape index (κ3) is 4.54. The minimum absolute atomic E-state index is 0.558. The van der Waals surface area contributed by atoms with Crippen LogP contribution in [0.15, 0.2) is 12.1 Å². The van der Waals surface area contributed by atoms with Gasteiger partial charge in [-0.2, -0.15) is 0 Å². The number of benzene rings is 1. The van der Waals surface area contributed by atoms with Crippen LogP contribution >= 0.6 is 11.6 Å². The van der Waals surface area contributed by atoms with Gasteiger partial charge in [0.05, 0.1) is 5.02 Å². The first-order valence-corrected chi connectivity index (χ1v) is 7.55. The van der Waals surface area contributed by atoms with Crippen LogP contribution in [-0.2, 0) is 11.3 Å². The second-order valence-electron chi connectivity index (χ2n) is 4.74. The third-order valence-electron chi connectivity index (χ3n) is 2.98. The van der Waals surface area contributed by atoms with Crippen molar-refractivity contribution in [1.82, 2.24) is 5.32 Å². The van der Waals surface area contributed by atoms with E-state index in [4.69, 9.17) is 25.8 Å². The molecule has 2 rings (SSSR count). The third-order valence-corrected chi connectivity index (χ3v) is 3.26. The molecule has 4 nitrogen and oxygen atoms in total. The van der Waals surface area contributed by atoms with Crippen LogP contribution in [0.4, 0.5) is 0 Å². The summed E-state index contributed by atoms with van der Waals surface area (Å²) in [6.45, 7) is 6.60. The van der Waals surface area contributed by atoms with Crippen molar-refractivity contribution in [3.05, 3.63) is 22.7 Å². The quantitative estimate of drug-likeness (QED) is 0.749. The summed E-state index contributed by atoms with van der Waals surface area (Å²) < 4.78 is 16.5. The van der Waals surface area contributed by atoms with Crippen molar-refractivity contribution < 1.29 is 14.2 Å². The van der Waals surface area contributed by atoms with Crippen LogP contribution < -0.4 is 14.8 Å². The van der Waals surface area contributed by atoms with Gasteiger partial charge in [-0.15, -0.1) is 0 Å². The highest BCUT2D eigenvalue weighted by molar-refractivity contribution is 6.32. The van der Waals surface area contributed by atoms with E-state index in [0.717, 1.165) is 50.5 Å². The van der Waals surface area contributed by atoms with Gasteiger partial charge >= 0.3 is 0 Å². The highest BCUT2D eigenvalue weighted by Crippen LogP contribution is 2.38. The van der Waals surface area contributed by atoms with E-state index in [1.54, 1.807) is 0 Å². The second kappa shape index (κ2) is 8.35. The Morgan fingerprint density at radius 1 is 1.25 bits per heavy atom. The molecule has 0 atom stereocenters. The average molecular weight is 300 g/mol. The molecule has 0 saturated heterocycles. The fourth-order valence-corrected chi connectivity index (χ4v) is 2.33. The molecule has 0 saturated carbocycles. The number of rotatable bonds is 8. The molecule has 1 heterocycles. The largest absolute Gasteiger partial charge is 0.486 e. The summed E-state index contributed by atoms with van der Waals surface area (Å²) in [7, 11) is 0. The maximum atomic E-state index is 6.19. The molecular formula is C15H22ClNO3. The molecule has 5 heteroatoms. The normalized spacial score (nSPS) is 13.5. The molecule has 1 aliphatic heterocycles. The molecule has 112 valence electrons. The molecule has 0 spiro atoms. The molecule has 1 aromatic rings. The summed E-state index contributed by atoms with van der Waals surface area (Å²) in [5, 5.41) is 3.99. The predicted molar refractivity (Wildman–Crippen MR) is 79.9 cm³/mol. The Hall–Kier alpha value is -0.970. The number of nitrogens with one attached hydrogen (secondary N) is 1. The summed E-state index contributed by atoms with van der Waals surface area (Å²) >= 11 is 6.19. The second-order valence-corrected chi connectivity index (χ2v) is 5.15. The molecule has 0 amide bonds. The first-order chi connectivity index (χ1) is 9.81. The highest BCUT2D eigenvalue weighted by atomic mass is 35.5. The smallest absolute Gasteiger partial charge is 0.179 e. The number of hydrogen-bond acceptors (Lipinski definition) is 4. The van der Waals surface area contributed by atoms with E-state index in [9.17, 15) is 0 Å². The Morgan fingerprint density at radius 3 is 2.95 bits per heavy atom. The first-order valence-electron chi connectivity index (χ1n) is 7.17. The lowest BCUT2D eigenvalue weighted by Gasteiger charge is -2.20. The Balaban J connectivity index is 1.74. The topological polar surface area (TPSA) is 39.7 Å². The lowest BCUT2D eigenvalue weighted by atomic mass is 10.2. The molecular weight excluding hydrogens is 278 g/mol. The van der Waals surface area contributed by atoms with Crippen LogP contribution in [0.25, 0.3) is 0 Å². The van der Waals surface area contributed by atoms with Crippen molar-refractivity contribution in [2.24, 2.45) is 0 Å². The summed E-state index contributed by atoms with van der Waals surface area (Å²) in [6, 6.07) is 3.91. The van der Waals surface area contributed by atoms with E-state index < -0.39 is 0 Å². The summed E-state index contributed by atoms with van der Waals surface area (Å²) in [6.07, 6.45) is 2.08. The van der Waals surface area contributed by atoms with Gasteiger partial charge in [0.25, 0.3) is 0 Å². The van der Waals surface area contributed by atoms with E-state index in [-0.39, 0.29) is 0 Å². The van der Waals surface area contributed by atoms with Crippen molar-refractivity contribution in [1.29, 1.82) is 0 Å². The fourth-order valence-electron chi connectivity index (χ4n) is 2.04. The van der Waals surface area contributed by atoms with E-state index in [1.807, 2.05) is 12.1 Å². The SMILES string of the molecule is CCCOCCCNCc1cc(Cl)c2c(c1)OCCO2. The molecule has 20 heavy (non-hydrogen) atoms. The summed E-state index contributed by atoms with van der Waals surface area (Å²) in [5.41, 5.74) is 1.11. The zero-order chi connectivity index (χ0) is 14.2. The zero-order valence-corrected chi connectivity index (χ0v) is 12.7. The molecule has 1 aromatic carbocycles. The number of fused-ring (bicyclic) bond motifs is 1. The molecule has 0 bridgehead atoms. The van der Waals surface area contributed by atoms with Crippen LogP contribution in [0.2, 0.25) is 5.02 Å². The highest BCUT2D eigenvalue weighted by Gasteiger charge is 2.16. The lowest BCUT2D eigenvalue weighted by Crippen LogP contribution is -2.18. The average Bonchev–Trinajstić information content (AvgIpc) is 2.46. The van der Waals surface area contributed by atoms with Crippen molar-refractivity contribution >= 4 is 11.6 Å². The van der Waals surface area contributed by atoms with Gasteiger partial charge < -0.3 is 19.5 Å². The van der Waals surface area contributed by atoms with Gasteiger partial charge in [0.1, 0.15) is 13.2 Å². The van der Waals surface area contributed by atoms with Gasteiger partial charge in [0.15, 0.2) is 11.5 Å². The van der Waals surface area contributed by atoms with Gasteiger partial charge in [-0.3, -0.25) is 0 Å². The van der Waals surface area contributed by atoms with Crippen LogP contribution in [-0.4, -0.2) is 33.0 Å². The van der Waals surface area contributed by atoms with Gasteiger partial charge in [-0.1, -0.05) is 18.5 Å². The van der Waals surface area contributed by atoms with Gasteiger partial charge in [0, 0.05) is 19.8 Å². The van der Waals surface area contributed by atoms with Crippen molar-refractivity contribution in [2.75, 3.05) is 33.0 Å². The maximum absolute atomic E-state index is 6.19. The Kier molecular flexibility index (Phi) is 6.43. The molecule has 0 unspecified atom stereocenters. The Bertz CT molecular complexity index is 426. The van der Waals surface area contributed by atoms with Crippen molar-refractivity contribution in [3.63, 3.8) is 0 Å². The van der Waals surface area contributed by atoms with Gasteiger partial charge in [0.2, 0.25) is 0 Å². The van der Waals surface area contributed by atoms with E-state index in [2.05, 4.69) is 12.2 Å². The molecule has 0 aromatic heterocycles. The van der Waals surface area contributed by atoms with Crippen LogP contribution in [0, 0.1) is 0 Å². The van der Waals surface area contributed by atoms with Crippen LogP contribution in [0.5, 0.6) is 11.5 Å². The Morgan fingerprint density at radius 2 is 2.10 bits per heavy atom. The summed E-state index contributed by atoms with van der Waals surface area (Å²) in [4.78, 5) is 0. The van der Waals surface area contributed by atoms with Crippen molar-refractivity contribution in [3.8, 4) is 11.5 Å². The summed E-state index contributed by atoms with van der Waals surface area (Å²) in [5.74, 6) is 1.40. The number of ether oxygens (including phenoxy) is 3. The first kappa shape index (κ1) is 15.4. The number of hydrogen-bond donors (Lipinski definition) is 1. The standard InChI is InChI=1S/C15H22ClNO3/c1-2-5-18-6-3-4-17-11-12-9-13(16)15-14(10-12)19-7-8-20-15/h9-10,17H,2-8,11H2,1H3. The fraction of sp³-hybridized carbons (Fsp3) is 0.600.